The average Bonchev–Trinajstić information content (AvgIpc) is 3.49. The molecule has 1 fully saturated rings. The molecule has 10 heteroatoms. The van der Waals surface area contributed by atoms with Gasteiger partial charge in [-0.05, 0) is 83.2 Å². The molecule has 0 radical (unpaired) electrons. The van der Waals surface area contributed by atoms with Gasteiger partial charge in [-0.15, -0.1) is 11.3 Å². The lowest BCUT2D eigenvalue weighted by Gasteiger charge is -2.37. The third kappa shape index (κ3) is 7.95. The van der Waals surface area contributed by atoms with Gasteiger partial charge in [-0.3, -0.25) is 9.59 Å². The number of benzene rings is 2. The lowest BCUT2D eigenvalue weighted by atomic mass is 9.92. The Morgan fingerprint density at radius 1 is 1.09 bits per heavy atom. The minimum absolute atomic E-state index is 0.169. The zero-order valence-corrected chi connectivity index (χ0v) is 25.8. The third-order valence-corrected chi connectivity index (χ3v) is 8.07. The molecule has 0 unspecified atom stereocenters. The molecule has 0 saturated carbocycles. The van der Waals surface area contributed by atoms with E-state index in [-0.39, 0.29) is 11.9 Å². The zero-order chi connectivity index (χ0) is 30.4. The smallest absolute Gasteiger partial charge is 0.306 e. The number of carbonyl (C=O) groups excluding carboxylic acids is 2. The Bertz CT molecular complexity index is 1550. The van der Waals surface area contributed by atoms with Crippen LogP contribution in [-0.4, -0.2) is 45.7 Å². The van der Waals surface area contributed by atoms with Crippen molar-refractivity contribution in [2.75, 3.05) is 23.3 Å². The molecule has 1 aliphatic heterocycles. The summed E-state index contributed by atoms with van der Waals surface area (Å²) in [7, 11) is 0. The molecular weight excluding hydrogens is 562 g/mol. The van der Waals surface area contributed by atoms with E-state index in [2.05, 4.69) is 25.4 Å². The highest BCUT2D eigenvalue weighted by atomic mass is 32.1. The molecule has 5 rings (SSSR count). The topological polar surface area (TPSA) is 107 Å². The number of carbonyl (C=O) groups is 2. The van der Waals surface area contributed by atoms with Gasteiger partial charge in [0.05, 0.1) is 23.8 Å². The van der Waals surface area contributed by atoms with E-state index in [0.717, 1.165) is 60.7 Å². The van der Waals surface area contributed by atoms with Crippen molar-refractivity contribution < 1.29 is 19.1 Å². The van der Waals surface area contributed by atoms with E-state index < -0.39 is 5.60 Å². The summed E-state index contributed by atoms with van der Waals surface area (Å²) in [6.45, 7) is 9.27. The van der Waals surface area contributed by atoms with Gasteiger partial charge in [-0.25, -0.2) is 4.98 Å². The highest BCUT2D eigenvalue weighted by Crippen LogP contribution is 2.40. The Labute approximate surface area is 256 Å². The summed E-state index contributed by atoms with van der Waals surface area (Å²) >= 11 is 1.38. The highest BCUT2D eigenvalue weighted by molar-refractivity contribution is 7.13. The van der Waals surface area contributed by atoms with Gasteiger partial charge >= 0.3 is 5.97 Å². The predicted molar refractivity (Wildman–Crippen MR) is 169 cm³/mol. The van der Waals surface area contributed by atoms with Gasteiger partial charge in [-0.1, -0.05) is 18.2 Å². The molecular formula is C33H37N5O4S. The van der Waals surface area contributed by atoms with Crippen LogP contribution in [0.3, 0.4) is 0 Å². The van der Waals surface area contributed by atoms with Crippen LogP contribution < -0.4 is 15.0 Å². The van der Waals surface area contributed by atoms with Gasteiger partial charge in [0, 0.05) is 36.0 Å². The van der Waals surface area contributed by atoms with Crippen LogP contribution in [0.2, 0.25) is 0 Å². The number of anilines is 2. The van der Waals surface area contributed by atoms with Gasteiger partial charge in [0.25, 0.3) is 5.91 Å². The summed E-state index contributed by atoms with van der Waals surface area (Å²) in [5.74, 6) is 1.31. The van der Waals surface area contributed by atoms with Crippen LogP contribution in [0.1, 0.15) is 62.5 Å². The van der Waals surface area contributed by atoms with E-state index >= 15 is 0 Å². The van der Waals surface area contributed by atoms with Crippen molar-refractivity contribution in [2.24, 2.45) is 5.92 Å². The summed E-state index contributed by atoms with van der Waals surface area (Å²) in [5.41, 5.74) is 3.18. The summed E-state index contributed by atoms with van der Waals surface area (Å²) in [6, 6.07) is 15.2. The molecule has 0 spiro atoms. The number of esters is 1. The van der Waals surface area contributed by atoms with Gasteiger partial charge in [0.1, 0.15) is 27.8 Å². The van der Waals surface area contributed by atoms with E-state index in [1.807, 2.05) is 76.2 Å². The number of hydrogen-bond donors (Lipinski definition) is 1. The standard InChI is InChI=1S/C33H37N5O4S/c1-22-28(41-25-10-6-5-7-11-25)14-13-26(36-31(40)27-21-43-32(37-27)24-16-17-34-35-19-24)30(22)38-18-8-9-23(20-38)12-15-29(39)42-33(2,3)4/h5-7,10-11,13-14,16-17,19,21,23H,8-9,12,15,18,20H2,1-4H3,(H,36,40)/t23-/m0/s1. The zero-order valence-electron chi connectivity index (χ0n) is 25.0. The first-order valence-corrected chi connectivity index (χ1v) is 15.4. The van der Waals surface area contributed by atoms with E-state index in [1.165, 1.54) is 11.3 Å². The lowest BCUT2D eigenvalue weighted by Crippen LogP contribution is -2.37. The van der Waals surface area contributed by atoms with Crippen molar-refractivity contribution in [1.82, 2.24) is 15.2 Å². The Kier molecular flexibility index (Phi) is 9.35. The SMILES string of the molecule is Cc1c(Oc2ccccc2)ccc(NC(=O)c2csc(-c3ccnnc3)n2)c1N1CCC[C@@H](CCC(=O)OC(C)(C)C)C1. The number of hydrogen-bond acceptors (Lipinski definition) is 9. The Morgan fingerprint density at radius 3 is 2.65 bits per heavy atom. The van der Waals surface area contributed by atoms with Gasteiger partial charge < -0.3 is 19.7 Å². The molecule has 1 aliphatic rings. The number of para-hydroxylation sites is 1. The summed E-state index contributed by atoms with van der Waals surface area (Å²) in [4.78, 5) is 32.7. The number of ether oxygens (including phenoxy) is 2. The van der Waals surface area contributed by atoms with Gasteiger partial charge in [0.2, 0.25) is 0 Å². The average molecular weight is 600 g/mol. The quantitative estimate of drug-likeness (QED) is 0.200. The Hall–Kier alpha value is -4.31. The van der Waals surface area contributed by atoms with Gasteiger partial charge in [0.15, 0.2) is 0 Å². The molecule has 1 saturated heterocycles. The molecule has 9 nitrogen and oxygen atoms in total. The molecule has 3 heterocycles. The maximum atomic E-state index is 13.4. The maximum Gasteiger partial charge on any atom is 0.306 e. The van der Waals surface area contributed by atoms with Crippen LogP contribution in [-0.2, 0) is 9.53 Å². The van der Waals surface area contributed by atoms with E-state index in [0.29, 0.717) is 28.7 Å². The molecule has 1 N–H and O–H groups in total. The van der Waals surface area contributed by atoms with Crippen molar-refractivity contribution in [3.05, 3.63) is 77.6 Å². The Balaban J connectivity index is 1.39. The summed E-state index contributed by atoms with van der Waals surface area (Å²) in [6.07, 6.45) is 6.37. The largest absolute Gasteiger partial charge is 0.460 e. The number of aromatic nitrogens is 3. The van der Waals surface area contributed by atoms with Crippen molar-refractivity contribution in [2.45, 2.75) is 59.0 Å². The van der Waals surface area contributed by atoms with Crippen molar-refractivity contribution in [1.29, 1.82) is 0 Å². The van der Waals surface area contributed by atoms with E-state index in [9.17, 15) is 9.59 Å². The summed E-state index contributed by atoms with van der Waals surface area (Å²) < 4.78 is 11.8. The van der Waals surface area contributed by atoms with Crippen LogP contribution in [0.15, 0.2) is 66.3 Å². The molecule has 4 aromatic rings. The molecule has 1 atom stereocenters. The normalized spacial score (nSPS) is 15.2. The van der Waals surface area contributed by atoms with Crippen LogP contribution in [0, 0.1) is 12.8 Å². The monoisotopic (exact) mass is 599 g/mol. The number of nitrogens with one attached hydrogen (secondary N) is 1. The second-order valence-corrected chi connectivity index (χ2v) is 12.6. The fourth-order valence-corrected chi connectivity index (χ4v) is 6.04. The minimum Gasteiger partial charge on any atom is -0.460 e. The van der Waals surface area contributed by atoms with Crippen LogP contribution in [0.4, 0.5) is 11.4 Å². The summed E-state index contributed by atoms with van der Waals surface area (Å²) in [5, 5.41) is 13.3. The number of piperidine rings is 1. The van der Waals surface area contributed by atoms with Crippen LogP contribution in [0.5, 0.6) is 11.5 Å². The molecule has 1 amide bonds. The minimum atomic E-state index is -0.494. The number of rotatable bonds is 9. The molecule has 43 heavy (non-hydrogen) atoms. The highest BCUT2D eigenvalue weighted by Gasteiger charge is 2.27. The third-order valence-electron chi connectivity index (χ3n) is 7.18. The molecule has 2 aromatic carbocycles. The van der Waals surface area contributed by atoms with Crippen molar-refractivity contribution in [3.8, 4) is 22.1 Å². The predicted octanol–water partition coefficient (Wildman–Crippen LogP) is 7.29. The number of amides is 1. The van der Waals surface area contributed by atoms with Crippen molar-refractivity contribution >= 4 is 34.6 Å². The van der Waals surface area contributed by atoms with Crippen molar-refractivity contribution in [3.63, 3.8) is 0 Å². The van der Waals surface area contributed by atoms with E-state index in [1.54, 1.807) is 17.8 Å². The van der Waals surface area contributed by atoms with Crippen LogP contribution in [0.25, 0.3) is 10.6 Å². The maximum absolute atomic E-state index is 13.4. The molecule has 0 aliphatic carbocycles. The van der Waals surface area contributed by atoms with Crippen LogP contribution >= 0.6 is 11.3 Å². The second-order valence-electron chi connectivity index (χ2n) is 11.7. The first-order chi connectivity index (χ1) is 20.7. The fourth-order valence-electron chi connectivity index (χ4n) is 5.25. The lowest BCUT2D eigenvalue weighted by molar-refractivity contribution is -0.155. The second kappa shape index (κ2) is 13.3. The first-order valence-electron chi connectivity index (χ1n) is 14.5. The first kappa shape index (κ1) is 30.2. The molecule has 224 valence electrons. The molecule has 0 bridgehead atoms. The molecule has 2 aromatic heterocycles. The fraction of sp³-hybridized carbons (Fsp3) is 0.364. The number of thiazole rings is 1. The van der Waals surface area contributed by atoms with E-state index in [4.69, 9.17) is 9.47 Å². The Morgan fingerprint density at radius 2 is 1.91 bits per heavy atom. The van der Waals surface area contributed by atoms with Gasteiger partial charge in [-0.2, -0.15) is 10.2 Å². The number of nitrogens with zero attached hydrogens (tertiary/aromatic N) is 4.